The molecular weight excluding hydrogens is 212 g/mol. The molecule has 0 saturated heterocycles. The molecule has 0 aliphatic heterocycles. The van der Waals surface area contributed by atoms with Crippen LogP contribution in [0.3, 0.4) is 0 Å². The molecule has 0 amide bonds. The fraction of sp³-hybridized carbons (Fsp3) is 0.100. The Morgan fingerprint density at radius 3 is 3.07 bits per heavy atom. The Balaban J connectivity index is 2.81. The minimum atomic E-state index is 0.362. The minimum absolute atomic E-state index is 0.362. The zero-order valence-electron chi connectivity index (χ0n) is 7.32. The minimum Gasteiger partial charge on any atom is -0.398 e. The van der Waals surface area contributed by atoms with Gasteiger partial charge >= 0.3 is 0 Å². The van der Waals surface area contributed by atoms with Crippen LogP contribution >= 0.6 is 24.0 Å². The first kappa shape index (κ1) is 9.38. The normalized spacial score (nSPS) is 10.3. The molecule has 4 heteroatoms. The molecule has 70 valence electrons. The van der Waals surface area contributed by atoms with E-state index in [1.807, 2.05) is 17.5 Å². The number of nitriles is 1. The Morgan fingerprint density at radius 1 is 1.57 bits per heavy atom. The van der Waals surface area contributed by atoms with Crippen molar-refractivity contribution in [3.8, 4) is 6.07 Å². The summed E-state index contributed by atoms with van der Waals surface area (Å²) in [5.41, 5.74) is 7.38. The summed E-state index contributed by atoms with van der Waals surface area (Å²) >= 11 is 5.95. The summed E-state index contributed by atoms with van der Waals surface area (Å²) in [4.78, 5) is 0.738. The van der Waals surface area contributed by atoms with Gasteiger partial charge in [0.25, 0.3) is 0 Å². The third-order valence-corrected chi connectivity index (χ3v) is 3.61. The molecule has 0 fully saturated rings. The molecular formula is C10H8N2S2. The number of nitrogens with zero attached hydrogens (tertiary/aromatic N) is 1. The summed E-state index contributed by atoms with van der Waals surface area (Å²) < 4.78 is 1.12. The Morgan fingerprint density at radius 2 is 2.36 bits per heavy atom. The molecule has 0 aliphatic carbocycles. The number of benzene rings is 1. The van der Waals surface area contributed by atoms with Crippen LogP contribution in [0.2, 0.25) is 0 Å². The number of thiophene rings is 1. The number of hydrogen-bond acceptors (Lipinski definition) is 4. The SMILES string of the molecule is N#CCc1c(S)c(N)cc2ccsc12. The number of anilines is 1. The third-order valence-electron chi connectivity index (χ3n) is 2.10. The maximum Gasteiger partial charge on any atom is 0.0670 e. The molecule has 14 heavy (non-hydrogen) atoms. The fourth-order valence-electron chi connectivity index (χ4n) is 1.44. The Kier molecular flexibility index (Phi) is 2.36. The summed E-state index contributed by atoms with van der Waals surface area (Å²) in [5, 5.41) is 11.8. The van der Waals surface area contributed by atoms with Gasteiger partial charge < -0.3 is 5.73 Å². The van der Waals surface area contributed by atoms with E-state index < -0.39 is 0 Å². The number of nitrogen functional groups attached to an aromatic ring is 1. The van der Waals surface area contributed by atoms with E-state index in [-0.39, 0.29) is 0 Å². The number of hydrogen-bond donors (Lipinski definition) is 2. The lowest BCUT2D eigenvalue weighted by atomic mass is 10.1. The van der Waals surface area contributed by atoms with Gasteiger partial charge in [-0.05, 0) is 28.5 Å². The van der Waals surface area contributed by atoms with Gasteiger partial charge in [-0.1, -0.05) is 0 Å². The van der Waals surface area contributed by atoms with Crippen molar-refractivity contribution in [2.75, 3.05) is 5.73 Å². The summed E-state index contributed by atoms with van der Waals surface area (Å²) in [6.07, 6.45) is 0.362. The van der Waals surface area contributed by atoms with Gasteiger partial charge in [-0.15, -0.1) is 24.0 Å². The monoisotopic (exact) mass is 220 g/mol. The maximum atomic E-state index is 8.71. The summed E-state index contributed by atoms with van der Waals surface area (Å²) in [7, 11) is 0. The van der Waals surface area contributed by atoms with E-state index in [0.717, 1.165) is 20.5 Å². The van der Waals surface area contributed by atoms with Crippen molar-refractivity contribution in [2.24, 2.45) is 0 Å². The van der Waals surface area contributed by atoms with Crippen LogP contribution in [0, 0.1) is 11.3 Å². The average Bonchev–Trinajstić information content (AvgIpc) is 2.60. The molecule has 0 radical (unpaired) electrons. The third kappa shape index (κ3) is 1.35. The predicted molar refractivity (Wildman–Crippen MR) is 62.8 cm³/mol. The topological polar surface area (TPSA) is 49.8 Å². The van der Waals surface area contributed by atoms with Crippen molar-refractivity contribution in [1.82, 2.24) is 0 Å². The van der Waals surface area contributed by atoms with Gasteiger partial charge in [-0.25, -0.2) is 0 Å². The number of rotatable bonds is 1. The van der Waals surface area contributed by atoms with Crippen LogP contribution in [-0.2, 0) is 6.42 Å². The second kappa shape index (κ2) is 3.52. The van der Waals surface area contributed by atoms with Crippen molar-refractivity contribution >= 4 is 39.7 Å². The van der Waals surface area contributed by atoms with Crippen molar-refractivity contribution in [1.29, 1.82) is 5.26 Å². The van der Waals surface area contributed by atoms with Crippen LogP contribution in [0.1, 0.15) is 5.56 Å². The van der Waals surface area contributed by atoms with E-state index in [1.165, 1.54) is 0 Å². The highest BCUT2D eigenvalue weighted by Crippen LogP contribution is 2.33. The van der Waals surface area contributed by atoms with Crippen molar-refractivity contribution in [2.45, 2.75) is 11.3 Å². The van der Waals surface area contributed by atoms with E-state index in [0.29, 0.717) is 12.1 Å². The predicted octanol–water partition coefficient (Wildman–Crippen LogP) is 2.84. The van der Waals surface area contributed by atoms with Crippen molar-refractivity contribution in [3.05, 3.63) is 23.1 Å². The van der Waals surface area contributed by atoms with Gasteiger partial charge in [0.1, 0.15) is 0 Å². The van der Waals surface area contributed by atoms with E-state index in [4.69, 9.17) is 11.0 Å². The molecule has 0 bridgehead atoms. The highest BCUT2D eigenvalue weighted by molar-refractivity contribution is 7.80. The van der Waals surface area contributed by atoms with Crippen molar-refractivity contribution in [3.63, 3.8) is 0 Å². The Hall–Kier alpha value is -1.18. The zero-order chi connectivity index (χ0) is 10.1. The lowest BCUT2D eigenvalue weighted by Crippen LogP contribution is -1.92. The number of nitrogens with two attached hydrogens (primary N) is 1. The largest absolute Gasteiger partial charge is 0.398 e. The molecule has 2 aromatic rings. The van der Waals surface area contributed by atoms with Crippen LogP contribution in [-0.4, -0.2) is 0 Å². The van der Waals surface area contributed by atoms with E-state index in [1.54, 1.807) is 11.3 Å². The molecule has 0 saturated carbocycles. The second-order valence-electron chi connectivity index (χ2n) is 2.97. The van der Waals surface area contributed by atoms with Gasteiger partial charge in [0.15, 0.2) is 0 Å². The molecule has 1 aromatic carbocycles. The van der Waals surface area contributed by atoms with Crippen LogP contribution in [0.15, 0.2) is 22.4 Å². The molecule has 1 aromatic heterocycles. The molecule has 1 heterocycles. The first-order chi connectivity index (χ1) is 6.74. The first-order valence-electron chi connectivity index (χ1n) is 4.08. The lowest BCUT2D eigenvalue weighted by molar-refractivity contribution is 1.22. The van der Waals surface area contributed by atoms with Crippen LogP contribution in [0.25, 0.3) is 10.1 Å². The lowest BCUT2D eigenvalue weighted by Gasteiger charge is -2.05. The average molecular weight is 220 g/mol. The number of fused-ring (bicyclic) bond motifs is 1. The Bertz CT molecular complexity index is 523. The summed E-state index contributed by atoms with van der Waals surface area (Å²) in [6.45, 7) is 0. The van der Waals surface area contributed by atoms with Gasteiger partial charge in [0.05, 0.1) is 12.5 Å². The smallest absolute Gasteiger partial charge is 0.0670 e. The zero-order valence-corrected chi connectivity index (χ0v) is 9.03. The molecule has 0 unspecified atom stereocenters. The molecule has 2 rings (SSSR count). The van der Waals surface area contributed by atoms with Gasteiger partial charge in [-0.2, -0.15) is 5.26 Å². The van der Waals surface area contributed by atoms with E-state index in [9.17, 15) is 0 Å². The molecule has 0 spiro atoms. The first-order valence-corrected chi connectivity index (χ1v) is 5.41. The van der Waals surface area contributed by atoms with Crippen LogP contribution in [0.4, 0.5) is 5.69 Å². The Labute approximate surface area is 91.4 Å². The van der Waals surface area contributed by atoms with E-state index >= 15 is 0 Å². The van der Waals surface area contributed by atoms with Crippen LogP contribution in [0.5, 0.6) is 0 Å². The highest BCUT2D eigenvalue weighted by Gasteiger charge is 2.09. The quantitative estimate of drug-likeness (QED) is 0.573. The van der Waals surface area contributed by atoms with Gasteiger partial charge in [-0.3, -0.25) is 0 Å². The highest BCUT2D eigenvalue weighted by atomic mass is 32.1. The molecule has 2 nitrogen and oxygen atoms in total. The van der Waals surface area contributed by atoms with Crippen LogP contribution < -0.4 is 5.73 Å². The van der Waals surface area contributed by atoms with E-state index in [2.05, 4.69) is 18.7 Å². The van der Waals surface area contributed by atoms with Gasteiger partial charge in [0, 0.05) is 15.3 Å². The molecule has 2 N–H and O–H groups in total. The van der Waals surface area contributed by atoms with Crippen molar-refractivity contribution < 1.29 is 0 Å². The fourth-order valence-corrected chi connectivity index (χ4v) is 2.70. The maximum absolute atomic E-state index is 8.71. The second-order valence-corrected chi connectivity index (χ2v) is 4.33. The molecule has 0 atom stereocenters. The summed E-state index contributed by atoms with van der Waals surface area (Å²) in [5.74, 6) is 0. The molecule has 0 aliphatic rings. The number of thiol groups is 1. The van der Waals surface area contributed by atoms with Gasteiger partial charge in [0.2, 0.25) is 0 Å². The summed E-state index contributed by atoms with van der Waals surface area (Å²) in [6, 6.07) is 6.04. The standard InChI is InChI=1S/C10H8N2S2/c11-3-1-7-9(13)8(12)5-6-2-4-14-10(6)7/h2,4-5,13H,1,12H2.